The molecule has 3 unspecified atom stereocenters. The molecule has 2 aromatic carbocycles. The van der Waals surface area contributed by atoms with Crippen LogP contribution in [0, 0.1) is 11.8 Å². The van der Waals surface area contributed by atoms with E-state index in [0.717, 1.165) is 24.0 Å². The molecule has 2 aliphatic rings. The number of carbonyl (C=O) groups excluding carboxylic acids is 1. The molecule has 2 aromatic rings. The van der Waals surface area contributed by atoms with Crippen LogP contribution in [-0.4, -0.2) is 12.1 Å². The summed E-state index contributed by atoms with van der Waals surface area (Å²) in [6.07, 6.45) is 6.63. The molecule has 22 heavy (non-hydrogen) atoms. The Labute approximate surface area is 130 Å². The van der Waals surface area contributed by atoms with Crippen molar-refractivity contribution in [3.8, 4) is 11.1 Å². The fourth-order valence-corrected chi connectivity index (χ4v) is 3.53. The van der Waals surface area contributed by atoms with E-state index >= 15 is 0 Å². The molecule has 0 aromatic heterocycles. The molecule has 0 heterocycles. The van der Waals surface area contributed by atoms with Crippen molar-refractivity contribution in [1.82, 2.24) is 0 Å². The quantitative estimate of drug-likeness (QED) is 0.615. The molecule has 2 aliphatic carbocycles. The molecule has 3 atom stereocenters. The average molecular weight is 290 g/mol. The first-order chi connectivity index (χ1) is 10.8. The van der Waals surface area contributed by atoms with Gasteiger partial charge in [-0.25, -0.2) is 4.79 Å². The third-order valence-electron chi connectivity index (χ3n) is 4.68. The van der Waals surface area contributed by atoms with Crippen LogP contribution in [0.5, 0.6) is 0 Å². The van der Waals surface area contributed by atoms with E-state index in [2.05, 4.69) is 12.2 Å². The van der Waals surface area contributed by atoms with Crippen LogP contribution in [0.25, 0.3) is 11.1 Å². The molecule has 2 heteroatoms. The lowest BCUT2D eigenvalue weighted by Crippen LogP contribution is -2.22. The summed E-state index contributed by atoms with van der Waals surface area (Å²) in [5, 5.41) is 0. The predicted octanol–water partition coefficient (Wildman–Crippen LogP) is 4.48. The minimum atomic E-state index is -0.205. The molecule has 0 N–H and O–H groups in total. The van der Waals surface area contributed by atoms with Crippen molar-refractivity contribution in [2.45, 2.75) is 18.9 Å². The van der Waals surface area contributed by atoms with Crippen LogP contribution >= 0.6 is 0 Å². The van der Waals surface area contributed by atoms with Gasteiger partial charge in [0.2, 0.25) is 0 Å². The number of rotatable bonds is 3. The Morgan fingerprint density at radius 2 is 1.73 bits per heavy atom. The van der Waals surface area contributed by atoms with E-state index in [1.807, 2.05) is 54.6 Å². The number of benzene rings is 2. The van der Waals surface area contributed by atoms with Crippen molar-refractivity contribution >= 4 is 5.97 Å². The number of hydrogen-bond donors (Lipinski definition) is 0. The van der Waals surface area contributed by atoms with Crippen LogP contribution in [0.15, 0.2) is 66.7 Å². The summed E-state index contributed by atoms with van der Waals surface area (Å²) in [4.78, 5) is 12.4. The number of carbonyl (C=O) groups is 1. The van der Waals surface area contributed by atoms with Gasteiger partial charge in [-0.2, -0.15) is 0 Å². The largest absolute Gasteiger partial charge is 0.458 e. The SMILES string of the molecule is O=C(OC1CC2C=CC1C2)c1cccc(-c2ccccc2)c1. The summed E-state index contributed by atoms with van der Waals surface area (Å²) in [5.74, 6) is 0.827. The smallest absolute Gasteiger partial charge is 0.338 e. The van der Waals surface area contributed by atoms with Gasteiger partial charge in [0.25, 0.3) is 0 Å². The van der Waals surface area contributed by atoms with E-state index < -0.39 is 0 Å². The molecule has 0 radical (unpaired) electrons. The highest BCUT2D eigenvalue weighted by Crippen LogP contribution is 2.41. The Morgan fingerprint density at radius 1 is 0.909 bits per heavy atom. The van der Waals surface area contributed by atoms with Crippen molar-refractivity contribution in [3.05, 3.63) is 72.3 Å². The highest BCUT2D eigenvalue weighted by Gasteiger charge is 2.38. The molecule has 4 rings (SSSR count). The predicted molar refractivity (Wildman–Crippen MR) is 86.4 cm³/mol. The van der Waals surface area contributed by atoms with Gasteiger partial charge in [-0.1, -0.05) is 54.6 Å². The van der Waals surface area contributed by atoms with Gasteiger partial charge >= 0.3 is 5.97 Å². The maximum atomic E-state index is 12.4. The average Bonchev–Trinajstić information content (AvgIpc) is 3.19. The van der Waals surface area contributed by atoms with Gasteiger partial charge < -0.3 is 4.74 Å². The lowest BCUT2D eigenvalue weighted by atomic mass is 10.0. The number of esters is 1. The van der Waals surface area contributed by atoms with Gasteiger partial charge in [-0.05, 0) is 42.0 Å². The first-order valence-corrected chi connectivity index (χ1v) is 7.84. The van der Waals surface area contributed by atoms with E-state index in [0.29, 0.717) is 17.4 Å². The van der Waals surface area contributed by atoms with Crippen LogP contribution in [0.1, 0.15) is 23.2 Å². The van der Waals surface area contributed by atoms with E-state index in [-0.39, 0.29) is 12.1 Å². The lowest BCUT2D eigenvalue weighted by Gasteiger charge is -2.19. The summed E-state index contributed by atoms with van der Waals surface area (Å²) in [6.45, 7) is 0. The minimum absolute atomic E-state index is 0.0582. The summed E-state index contributed by atoms with van der Waals surface area (Å²) < 4.78 is 5.73. The maximum absolute atomic E-state index is 12.4. The van der Waals surface area contributed by atoms with Crippen molar-refractivity contribution in [1.29, 1.82) is 0 Å². The third kappa shape index (κ3) is 2.45. The molecule has 2 nitrogen and oxygen atoms in total. The molecular formula is C20H18O2. The summed E-state index contributed by atoms with van der Waals surface area (Å²) in [7, 11) is 0. The molecule has 1 fully saturated rings. The second-order valence-corrected chi connectivity index (χ2v) is 6.17. The van der Waals surface area contributed by atoms with Crippen LogP contribution in [0.3, 0.4) is 0 Å². The van der Waals surface area contributed by atoms with Crippen LogP contribution in [0.2, 0.25) is 0 Å². The maximum Gasteiger partial charge on any atom is 0.338 e. The molecule has 0 aliphatic heterocycles. The van der Waals surface area contributed by atoms with Gasteiger partial charge in [0, 0.05) is 5.92 Å². The zero-order valence-electron chi connectivity index (χ0n) is 12.3. The minimum Gasteiger partial charge on any atom is -0.458 e. The first kappa shape index (κ1) is 13.3. The third-order valence-corrected chi connectivity index (χ3v) is 4.68. The number of hydrogen-bond acceptors (Lipinski definition) is 2. The Hall–Kier alpha value is -2.35. The summed E-state index contributed by atoms with van der Waals surface area (Å²) >= 11 is 0. The van der Waals surface area contributed by atoms with Gasteiger partial charge in [-0.15, -0.1) is 0 Å². The highest BCUT2D eigenvalue weighted by atomic mass is 16.5. The fraction of sp³-hybridized carbons (Fsp3) is 0.250. The van der Waals surface area contributed by atoms with Crippen molar-refractivity contribution in [3.63, 3.8) is 0 Å². The first-order valence-electron chi connectivity index (χ1n) is 7.84. The number of ether oxygens (including phenoxy) is 1. The molecule has 2 bridgehead atoms. The molecule has 0 saturated heterocycles. The zero-order chi connectivity index (χ0) is 14.9. The Morgan fingerprint density at radius 3 is 2.45 bits per heavy atom. The van der Waals surface area contributed by atoms with Gasteiger partial charge in [-0.3, -0.25) is 0 Å². The zero-order valence-corrected chi connectivity index (χ0v) is 12.3. The normalized spacial score (nSPS) is 25.4. The molecule has 1 saturated carbocycles. The Balaban J connectivity index is 1.53. The van der Waals surface area contributed by atoms with E-state index in [4.69, 9.17) is 4.74 Å². The topological polar surface area (TPSA) is 26.3 Å². The second kappa shape index (κ2) is 5.45. The van der Waals surface area contributed by atoms with Gasteiger partial charge in [0.15, 0.2) is 0 Å². The van der Waals surface area contributed by atoms with Gasteiger partial charge in [0.05, 0.1) is 5.56 Å². The van der Waals surface area contributed by atoms with Gasteiger partial charge in [0.1, 0.15) is 6.10 Å². The Kier molecular flexibility index (Phi) is 3.30. The van der Waals surface area contributed by atoms with E-state index in [1.165, 1.54) is 0 Å². The van der Waals surface area contributed by atoms with Crippen LogP contribution in [0.4, 0.5) is 0 Å². The van der Waals surface area contributed by atoms with Crippen LogP contribution < -0.4 is 0 Å². The van der Waals surface area contributed by atoms with E-state index in [1.54, 1.807) is 0 Å². The second-order valence-electron chi connectivity index (χ2n) is 6.17. The highest BCUT2D eigenvalue weighted by molar-refractivity contribution is 5.91. The summed E-state index contributed by atoms with van der Waals surface area (Å²) in [6, 6.07) is 17.8. The number of allylic oxidation sites excluding steroid dienone is 1. The van der Waals surface area contributed by atoms with Crippen molar-refractivity contribution in [2.75, 3.05) is 0 Å². The monoisotopic (exact) mass is 290 g/mol. The standard InChI is InChI=1S/C20H18O2/c21-20(22-19-12-14-9-10-17(19)11-14)18-8-4-7-16(13-18)15-5-2-1-3-6-15/h1-10,13-14,17,19H,11-12H2. The van der Waals surface area contributed by atoms with Crippen molar-refractivity contribution < 1.29 is 9.53 Å². The summed E-state index contributed by atoms with van der Waals surface area (Å²) in [5.41, 5.74) is 2.79. The molecular weight excluding hydrogens is 272 g/mol. The van der Waals surface area contributed by atoms with Crippen LogP contribution in [-0.2, 0) is 4.74 Å². The molecule has 0 amide bonds. The van der Waals surface area contributed by atoms with E-state index in [9.17, 15) is 4.79 Å². The fourth-order valence-electron chi connectivity index (χ4n) is 3.53. The molecule has 110 valence electrons. The lowest BCUT2D eigenvalue weighted by molar-refractivity contribution is 0.0242. The number of fused-ring (bicyclic) bond motifs is 2. The molecule has 0 spiro atoms. The van der Waals surface area contributed by atoms with Crippen molar-refractivity contribution in [2.24, 2.45) is 11.8 Å². The Bertz CT molecular complexity index is 717.